The standard InChI is InChI=1S/C26H35N3O6/c1-6-25(2,3)35-15-26(4,5)34-13-12-28-18-9-7-8-16-21(18)24(33)29(23(16)32)19-10-11-20(30)17(14-27)22(19)31/h7-9,14,17,19,27-28H,6,10-13,15H2,1-5H3. The molecule has 0 saturated heterocycles. The third-order valence-electron chi connectivity index (χ3n) is 6.64. The number of nitrogens with zero attached hydrogens (tertiary/aromatic N) is 1. The van der Waals surface area contributed by atoms with Gasteiger partial charge in [0.05, 0.1) is 35.5 Å². The van der Waals surface area contributed by atoms with E-state index in [1.807, 2.05) is 27.7 Å². The van der Waals surface area contributed by atoms with Crippen molar-refractivity contribution in [1.29, 1.82) is 5.41 Å². The number of carbonyl (C=O) groups excluding carboxylic acids is 4. The lowest BCUT2D eigenvalue weighted by atomic mass is 9.83. The van der Waals surface area contributed by atoms with Crippen LogP contribution in [0.4, 0.5) is 5.69 Å². The third kappa shape index (κ3) is 5.67. The molecule has 190 valence electrons. The van der Waals surface area contributed by atoms with E-state index in [4.69, 9.17) is 14.9 Å². The van der Waals surface area contributed by atoms with Gasteiger partial charge >= 0.3 is 0 Å². The van der Waals surface area contributed by atoms with Crippen molar-refractivity contribution >= 4 is 35.3 Å². The Morgan fingerprint density at radius 2 is 1.80 bits per heavy atom. The summed E-state index contributed by atoms with van der Waals surface area (Å²) < 4.78 is 11.9. The molecule has 1 saturated carbocycles. The highest BCUT2D eigenvalue weighted by atomic mass is 16.6. The van der Waals surface area contributed by atoms with Crippen LogP contribution in [0.25, 0.3) is 0 Å². The first-order chi connectivity index (χ1) is 16.4. The molecule has 2 aliphatic rings. The number of rotatable bonds is 11. The first-order valence-corrected chi connectivity index (χ1v) is 12.0. The van der Waals surface area contributed by atoms with E-state index in [1.54, 1.807) is 18.2 Å². The fraction of sp³-hybridized carbons (Fsp3) is 0.577. The Hall–Kier alpha value is -2.91. The van der Waals surface area contributed by atoms with Crippen LogP contribution in [0.5, 0.6) is 0 Å². The predicted octanol–water partition coefficient (Wildman–Crippen LogP) is 3.26. The van der Waals surface area contributed by atoms with Gasteiger partial charge in [0.15, 0.2) is 5.78 Å². The number of amides is 2. The highest BCUT2D eigenvalue weighted by Crippen LogP contribution is 2.34. The van der Waals surface area contributed by atoms with Gasteiger partial charge in [-0.3, -0.25) is 24.1 Å². The summed E-state index contributed by atoms with van der Waals surface area (Å²) in [6.45, 7) is 11.2. The Morgan fingerprint density at radius 1 is 1.09 bits per heavy atom. The highest BCUT2D eigenvalue weighted by molar-refractivity contribution is 6.27. The topological polar surface area (TPSA) is 126 Å². The van der Waals surface area contributed by atoms with Crippen LogP contribution in [0.3, 0.4) is 0 Å². The number of ketones is 2. The number of hydrogen-bond donors (Lipinski definition) is 2. The van der Waals surface area contributed by atoms with Crippen LogP contribution in [0, 0.1) is 11.3 Å². The van der Waals surface area contributed by atoms with Crippen molar-refractivity contribution in [2.24, 2.45) is 5.92 Å². The maximum absolute atomic E-state index is 13.3. The van der Waals surface area contributed by atoms with Crippen molar-refractivity contribution in [3.8, 4) is 0 Å². The highest BCUT2D eigenvalue weighted by Gasteiger charge is 2.48. The Labute approximate surface area is 206 Å². The van der Waals surface area contributed by atoms with E-state index < -0.39 is 35.2 Å². The molecule has 1 aromatic carbocycles. The number of nitrogens with one attached hydrogen (secondary N) is 2. The second-order valence-electron chi connectivity index (χ2n) is 10.2. The second-order valence-corrected chi connectivity index (χ2v) is 10.2. The maximum Gasteiger partial charge on any atom is 0.264 e. The number of hydrogen-bond acceptors (Lipinski definition) is 8. The molecule has 2 amide bonds. The van der Waals surface area contributed by atoms with Gasteiger partial charge in [0.1, 0.15) is 17.7 Å². The van der Waals surface area contributed by atoms with Crippen LogP contribution in [-0.2, 0) is 19.1 Å². The molecule has 0 aromatic heterocycles. The van der Waals surface area contributed by atoms with Gasteiger partial charge in [-0.15, -0.1) is 0 Å². The summed E-state index contributed by atoms with van der Waals surface area (Å²) in [7, 11) is 0. The smallest absolute Gasteiger partial charge is 0.264 e. The summed E-state index contributed by atoms with van der Waals surface area (Å²) >= 11 is 0. The van der Waals surface area contributed by atoms with Crippen molar-refractivity contribution in [2.75, 3.05) is 25.1 Å². The van der Waals surface area contributed by atoms with Crippen LogP contribution in [0.1, 0.15) is 74.6 Å². The molecule has 1 aliphatic carbocycles. The predicted molar refractivity (Wildman–Crippen MR) is 131 cm³/mol. The van der Waals surface area contributed by atoms with Gasteiger partial charge in [0, 0.05) is 24.9 Å². The Balaban J connectivity index is 1.66. The molecular weight excluding hydrogens is 450 g/mol. The largest absolute Gasteiger partial charge is 0.382 e. The van der Waals surface area contributed by atoms with Crippen LogP contribution >= 0.6 is 0 Å². The van der Waals surface area contributed by atoms with Crippen molar-refractivity contribution in [3.05, 3.63) is 29.3 Å². The zero-order valence-electron chi connectivity index (χ0n) is 21.1. The van der Waals surface area contributed by atoms with Crippen LogP contribution in [0.15, 0.2) is 18.2 Å². The molecule has 1 heterocycles. The Bertz CT molecular complexity index is 1030. The molecular formula is C26H35N3O6. The normalized spacial score (nSPS) is 20.9. The maximum atomic E-state index is 13.3. The number of fused-ring (bicyclic) bond motifs is 1. The van der Waals surface area contributed by atoms with Crippen molar-refractivity contribution in [1.82, 2.24) is 4.90 Å². The minimum Gasteiger partial charge on any atom is -0.382 e. The summed E-state index contributed by atoms with van der Waals surface area (Å²) in [5.74, 6) is -3.27. The van der Waals surface area contributed by atoms with E-state index in [0.29, 0.717) is 25.4 Å². The van der Waals surface area contributed by atoms with Crippen molar-refractivity contribution in [3.63, 3.8) is 0 Å². The lowest BCUT2D eigenvalue weighted by Crippen LogP contribution is -2.51. The number of benzene rings is 1. The first-order valence-electron chi connectivity index (χ1n) is 12.0. The Morgan fingerprint density at radius 3 is 2.46 bits per heavy atom. The number of carbonyl (C=O) groups is 4. The summed E-state index contributed by atoms with van der Waals surface area (Å²) in [5, 5.41) is 10.6. The van der Waals surface area contributed by atoms with Gasteiger partial charge in [-0.1, -0.05) is 13.0 Å². The van der Waals surface area contributed by atoms with E-state index >= 15 is 0 Å². The SMILES string of the molecule is CCC(C)(C)OCC(C)(C)OCCNc1cccc2c1C(=O)N(C1CCC(=O)C(C=N)C1=O)C2=O. The van der Waals surface area contributed by atoms with Gasteiger partial charge in [-0.05, 0) is 52.7 Å². The van der Waals surface area contributed by atoms with Crippen LogP contribution < -0.4 is 5.32 Å². The molecule has 1 aliphatic heterocycles. The Kier molecular flexibility index (Phi) is 7.91. The van der Waals surface area contributed by atoms with Gasteiger partial charge < -0.3 is 20.2 Å². The minimum atomic E-state index is -1.21. The summed E-state index contributed by atoms with van der Waals surface area (Å²) in [5.41, 5.74) is 0.178. The van der Waals surface area contributed by atoms with E-state index in [-0.39, 0.29) is 35.4 Å². The summed E-state index contributed by atoms with van der Waals surface area (Å²) in [6.07, 6.45) is 1.80. The van der Waals surface area contributed by atoms with E-state index in [2.05, 4.69) is 12.2 Å². The first kappa shape index (κ1) is 26.7. The van der Waals surface area contributed by atoms with E-state index in [9.17, 15) is 19.2 Å². The number of anilines is 1. The molecule has 0 spiro atoms. The molecule has 35 heavy (non-hydrogen) atoms. The zero-order valence-corrected chi connectivity index (χ0v) is 21.1. The lowest BCUT2D eigenvalue weighted by Gasteiger charge is -2.31. The van der Waals surface area contributed by atoms with Crippen molar-refractivity contribution < 1.29 is 28.7 Å². The quantitative estimate of drug-likeness (QED) is 0.213. The molecule has 3 rings (SSSR count). The number of imide groups is 1. The fourth-order valence-electron chi connectivity index (χ4n) is 4.13. The fourth-order valence-corrected chi connectivity index (χ4v) is 4.13. The summed E-state index contributed by atoms with van der Waals surface area (Å²) in [6, 6.07) is 3.89. The molecule has 9 nitrogen and oxygen atoms in total. The average molecular weight is 486 g/mol. The van der Waals surface area contributed by atoms with Crippen LogP contribution in [-0.4, -0.2) is 71.5 Å². The number of ether oxygens (including phenoxy) is 2. The van der Waals surface area contributed by atoms with E-state index in [1.165, 1.54) is 0 Å². The lowest BCUT2D eigenvalue weighted by molar-refractivity contribution is -0.135. The second kappa shape index (κ2) is 10.4. The van der Waals surface area contributed by atoms with Crippen molar-refractivity contribution in [2.45, 2.75) is 71.1 Å². The van der Waals surface area contributed by atoms with Gasteiger partial charge in [-0.25, -0.2) is 0 Å². The number of Topliss-reactive ketones (excluding diaryl/α,β-unsaturated/α-hetero) is 2. The molecule has 1 aromatic rings. The molecule has 1 fully saturated rings. The average Bonchev–Trinajstić information content (AvgIpc) is 3.07. The van der Waals surface area contributed by atoms with Gasteiger partial charge in [0.25, 0.3) is 11.8 Å². The van der Waals surface area contributed by atoms with Crippen LogP contribution in [0.2, 0.25) is 0 Å². The molecule has 2 N–H and O–H groups in total. The molecule has 2 unspecified atom stereocenters. The summed E-state index contributed by atoms with van der Waals surface area (Å²) in [4.78, 5) is 52.0. The monoisotopic (exact) mass is 485 g/mol. The molecule has 0 radical (unpaired) electrons. The molecule has 0 bridgehead atoms. The third-order valence-corrected chi connectivity index (χ3v) is 6.64. The molecule has 9 heteroatoms. The molecule has 2 atom stereocenters. The van der Waals surface area contributed by atoms with Gasteiger partial charge in [-0.2, -0.15) is 0 Å². The van der Waals surface area contributed by atoms with E-state index in [0.717, 1.165) is 17.5 Å². The minimum absolute atomic E-state index is 0.0429. The zero-order chi connectivity index (χ0) is 26.0. The van der Waals surface area contributed by atoms with Gasteiger partial charge in [0.2, 0.25) is 0 Å².